The second-order valence-corrected chi connectivity index (χ2v) is 11.8. The van der Waals surface area contributed by atoms with Crippen LogP contribution >= 0.6 is 0 Å². The standard InChI is InChI=1S/C26H44O2Si/c1-7-8-9-10-11-12-19-24(27)20-14-13-16-22-17-15-18-23(21-22)25(26(2,3)4)28-29(5)6/h13-18,20-21,24-25,27,29H,7-12,19H2,1-6H3. The van der Waals surface area contributed by atoms with Gasteiger partial charge in [0.15, 0.2) is 9.04 Å². The van der Waals surface area contributed by atoms with E-state index in [0.29, 0.717) is 0 Å². The topological polar surface area (TPSA) is 29.5 Å². The van der Waals surface area contributed by atoms with Crippen LogP contribution in [0.1, 0.15) is 89.9 Å². The third-order valence-corrected chi connectivity index (χ3v) is 5.81. The molecule has 2 atom stereocenters. The Morgan fingerprint density at radius 1 is 1.03 bits per heavy atom. The Kier molecular flexibility index (Phi) is 12.4. The van der Waals surface area contributed by atoms with E-state index in [0.717, 1.165) is 12.8 Å². The molecule has 1 rings (SSSR count). The van der Waals surface area contributed by atoms with Gasteiger partial charge in [-0.15, -0.1) is 0 Å². The van der Waals surface area contributed by atoms with Gasteiger partial charge in [-0.3, -0.25) is 0 Å². The molecule has 0 bridgehead atoms. The van der Waals surface area contributed by atoms with Gasteiger partial charge in [0.05, 0.1) is 12.2 Å². The molecule has 2 nitrogen and oxygen atoms in total. The van der Waals surface area contributed by atoms with Crippen molar-refractivity contribution in [3.63, 3.8) is 0 Å². The fraction of sp³-hybridized carbons (Fsp3) is 0.615. The first-order chi connectivity index (χ1) is 13.7. The summed E-state index contributed by atoms with van der Waals surface area (Å²) in [6, 6.07) is 8.62. The first kappa shape index (κ1) is 25.9. The van der Waals surface area contributed by atoms with Crippen LogP contribution in [0.2, 0.25) is 13.1 Å². The van der Waals surface area contributed by atoms with Gasteiger partial charge in [0, 0.05) is 0 Å². The molecule has 1 aromatic carbocycles. The summed E-state index contributed by atoms with van der Waals surface area (Å²) in [5.74, 6) is 0. The number of hydrogen-bond donors (Lipinski definition) is 1. The minimum absolute atomic E-state index is 0.0696. The smallest absolute Gasteiger partial charge is 0.171 e. The van der Waals surface area contributed by atoms with Crippen molar-refractivity contribution < 1.29 is 9.53 Å². The number of allylic oxidation sites excluding steroid dienone is 2. The Hall–Kier alpha value is -1.16. The van der Waals surface area contributed by atoms with E-state index in [9.17, 15) is 5.11 Å². The minimum Gasteiger partial charge on any atom is -0.413 e. The highest BCUT2D eigenvalue weighted by atomic mass is 28.3. The van der Waals surface area contributed by atoms with E-state index in [4.69, 9.17) is 4.43 Å². The van der Waals surface area contributed by atoms with Crippen molar-refractivity contribution >= 4 is 15.1 Å². The fourth-order valence-electron chi connectivity index (χ4n) is 3.47. The Morgan fingerprint density at radius 3 is 2.38 bits per heavy atom. The number of unbranched alkanes of at least 4 members (excludes halogenated alkanes) is 5. The first-order valence-electron chi connectivity index (χ1n) is 11.5. The van der Waals surface area contributed by atoms with Crippen LogP contribution in [0.5, 0.6) is 0 Å². The second kappa shape index (κ2) is 13.9. The molecule has 1 aromatic rings. The van der Waals surface area contributed by atoms with E-state index in [1.54, 1.807) is 0 Å². The molecule has 164 valence electrons. The summed E-state index contributed by atoms with van der Waals surface area (Å²) < 4.78 is 6.35. The molecule has 0 heterocycles. The van der Waals surface area contributed by atoms with Crippen LogP contribution in [0.3, 0.4) is 0 Å². The molecule has 0 aromatic heterocycles. The summed E-state index contributed by atoms with van der Waals surface area (Å²) in [6.07, 6.45) is 16.2. The van der Waals surface area contributed by atoms with E-state index < -0.39 is 9.04 Å². The normalized spacial score (nSPS) is 14.9. The van der Waals surface area contributed by atoms with Gasteiger partial charge in [-0.2, -0.15) is 0 Å². The zero-order valence-corrected chi connectivity index (χ0v) is 20.8. The lowest BCUT2D eigenvalue weighted by atomic mass is 9.84. The average Bonchev–Trinajstić information content (AvgIpc) is 2.65. The van der Waals surface area contributed by atoms with Gasteiger partial charge in [-0.05, 0) is 42.1 Å². The van der Waals surface area contributed by atoms with Crippen LogP contribution in [-0.2, 0) is 4.43 Å². The molecular weight excluding hydrogens is 372 g/mol. The number of aliphatic hydroxyl groups excluding tert-OH is 1. The predicted octanol–water partition coefficient (Wildman–Crippen LogP) is 7.45. The third kappa shape index (κ3) is 11.6. The van der Waals surface area contributed by atoms with Crippen LogP contribution < -0.4 is 0 Å². The van der Waals surface area contributed by atoms with Crippen molar-refractivity contribution in [2.45, 2.75) is 97.9 Å². The van der Waals surface area contributed by atoms with Gasteiger partial charge in [0.25, 0.3) is 0 Å². The van der Waals surface area contributed by atoms with Crippen LogP contribution in [0.25, 0.3) is 6.08 Å². The maximum atomic E-state index is 10.1. The number of benzene rings is 1. The SMILES string of the molecule is CCCCCCCCC(O)C=CC=Cc1cccc(C(O[SiH](C)C)C(C)(C)C)c1. The van der Waals surface area contributed by atoms with Gasteiger partial charge in [-0.1, -0.05) is 109 Å². The fourth-order valence-corrected chi connectivity index (χ4v) is 4.58. The van der Waals surface area contributed by atoms with Crippen molar-refractivity contribution in [2.24, 2.45) is 5.41 Å². The van der Waals surface area contributed by atoms with Crippen LogP contribution in [0, 0.1) is 5.41 Å². The molecule has 0 aliphatic rings. The zero-order valence-electron chi connectivity index (χ0n) is 19.7. The molecule has 3 heteroatoms. The van der Waals surface area contributed by atoms with E-state index in [2.05, 4.69) is 71.1 Å². The number of hydrogen-bond acceptors (Lipinski definition) is 2. The Bertz CT molecular complexity index is 613. The van der Waals surface area contributed by atoms with E-state index in [-0.39, 0.29) is 17.6 Å². The summed E-state index contributed by atoms with van der Waals surface area (Å²) in [4.78, 5) is 0. The lowest BCUT2D eigenvalue weighted by Crippen LogP contribution is -2.25. The van der Waals surface area contributed by atoms with Gasteiger partial charge >= 0.3 is 0 Å². The van der Waals surface area contributed by atoms with Crippen molar-refractivity contribution in [3.8, 4) is 0 Å². The van der Waals surface area contributed by atoms with Gasteiger partial charge < -0.3 is 9.53 Å². The van der Waals surface area contributed by atoms with Crippen LogP contribution in [0.4, 0.5) is 0 Å². The highest BCUT2D eigenvalue weighted by molar-refractivity contribution is 6.48. The summed E-state index contributed by atoms with van der Waals surface area (Å²) >= 11 is 0. The molecule has 0 aliphatic carbocycles. The molecule has 0 aliphatic heterocycles. The van der Waals surface area contributed by atoms with Crippen LogP contribution in [0.15, 0.2) is 42.5 Å². The molecule has 0 saturated heterocycles. The van der Waals surface area contributed by atoms with Crippen LogP contribution in [-0.4, -0.2) is 20.3 Å². The maximum Gasteiger partial charge on any atom is 0.171 e. The van der Waals surface area contributed by atoms with Crippen molar-refractivity contribution in [1.82, 2.24) is 0 Å². The first-order valence-corrected chi connectivity index (χ1v) is 14.3. The van der Waals surface area contributed by atoms with Crippen molar-refractivity contribution in [2.75, 3.05) is 0 Å². The van der Waals surface area contributed by atoms with Gasteiger partial charge in [0.1, 0.15) is 0 Å². The Labute approximate surface area is 181 Å². The molecule has 0 radical (unpaired) electrons. The van der Waals surface area contributed by atoms with Crippen molar-refractivity contribution in [3.05, 3.63) is 53.6 Å². The van der Waals surface area contributed by atoms with Crippen molar-refractivity contribution in [1.29, 1.82) is 0 Å². The predicted molar refractivity (Wildman–Crippen MR) is 131 cm³/mol. The molecular formula is C26H44O2Si. The van der Waals surface area contributed by atoms with Gasteiger partial charge in [0.2, 0.25) is 0 Å². The maximum absolute atomic E-state index is 10.1. The summed E-state index contributed by atoms with van der Waals surface area (Å²) in [5, 5.41) is 10.1. The zero-order chi connectivity index (χ0) is 21.7. The lowest BCUT2D eigenvalue weighted by molar-refractivity contribution is 0.0866. The molecule has 2 unspecified atom stereocenters. The average molecular weight is 417 g/mol. The Morgan fingerprint density at radius 2 is 1.72 bits per heavy atom. The highest BCUT2D eigenvalue weighted by Gasteiger charge is 2.27. The summed E-state index contributed by atoms with van der Waals surface area (Å²) in [7, 11) is -1.13. The third-order valence-electron chi connectivity index (χ3n) is 4.99. The summed E-state index contributed by atoms with van der Waals surface area (Å²) in [5.41, 5.74) is 2.48. The molecule has 0 fully saturated rings. The summed E-state index contributed by atoms with van der Waals surface area (Å²) in [6.45, 7) is 13.4. The number of rotatable bonds is 13. The highest BCUT2D eigenvalue weighted by Crippen LogP contribution is 2.36. The Balaban J connectivity index is 2.57. The quantitative estimate of drug-likeness (QED) is 0.205. The van der Waals surface area contributed by atoms with Gasteiger partial charge in [-0.25, -0.2) is 0 Å². The second-order valence-electron chi connectivity index (χ2n) is 9.47. The van der Waals surface area contributed by atoms with E-state index in [1.165, 1.54) is 43.2 Å². The number of aliphatic hydroxyl groups is 1. The lowest BCUT2D eigenvalue weighted by Gasteiger charge is -2.33. The molecule has 1 N–H and O–H groups in total. The van der Waals surface area contributed by atoms with E-state index >= 15 is 0 Å². The molecule has 0 amide bonds. The minimum atomic E-state index is -1.13. The molecule has 29 heavy (non-hydrogen) atoms. The largest absolute Gasteiger partial charge is 0.413 e. The monoisotopic (exact) mass is 416 g/mol. The van der Waals surface area contributed by atoms with E-state index in [1.807, 2.05) is 18.2 Å². The molecule has 0 saturated carbocycles. The molecule has 0 spiro atoms.